The number of benzene rings is 6. The Morgan fingerprint density at radius 2 is 0.806 bits per heavy atom. The first-order valence-electron chi connectivity index (χ1n) is 38.8. The predicted octanol–water partition coefficient (Wildman–Crippen LogP) is 17.4. The van der Waals surface area contributed by atoms with Crippen LogP contribution < -0.4 is 41.2 Å². The van der Waals surface area contributed by atoms with Gasteiger partial charge in [-0.25, -0.2) is 54.2 Å². The minimum absolute atomic E-state index is 0. The topological polar surface area (TPSA) is 442 Å². The molecule has 0 saturated heterocycles. The van der Waals surface area contributed by atoms with Crippen molar-refractivity contribution in [3.05, 3.63) is 241 Å². The van der Waals surface area contributed by atoms with Crippen molar-refractivity contribution in [2.75, 3.05) is 6.54 Å². The Bertz CT molecular complexity index is 5870. The third-order valence-electron chi connectivity index (χ3n) is 15.8. The maximum absolute atomic E-state index is 13.0. The van der Waals surface area contributed by atoms with Gasteiger partial charge in [-0.2, -0.15) is 89.4 Å². The van der Waals surface area contributed by atoms with Gasteiger partial charge in [-0.1, -0.05) is 83.8 Å². The standard InChI is InChI=1S/C19H21F3N4O2.C16H16F3N3O2.C13H10F3N3O2.C10H8F3N3.C9H8F3NS.C9H6F3N.C6H9IO2.C5H12N2O.CH2O2.CH4.Li.H2O/c1-12-7-13(9-14(8-12)19(20,21)22)16-24-11-26(25-16)6-5-15(27)10-23-17(28)18(2,3)4;1-10(2)24-14(23)4-5-22-9-20-15(21-22)12-6-11(3)7-13(8-12)16(17,18)19;1-8-4-9(6-10(5-8)13(14,15)16)12-17-7-19(18-12)3-2-11(20)21;1-6-2-7(9-14-5-15-16-9)4-8(3-6)10(11,12)13;1-5-2-6(8(13)14)4-7(3-5)9(10,11)12;1-6-2-7(5-13)4-8(3-6)9(10,11)12;1-5(2)9-6(8)3-4-7;1-5(2,3)4(8)7-6;2-1-3;;;/h5-9,11H,10H2,1-4H3,(H,23,28);4-10H,1-3H3;2-7H,1H3,(H,20,21);2-5H,1H3,(H,14,15,16);2-4H,1H3,(H2,13,14);2-4H,1H3;3-5H,1-2H3;6H2,1-3H3,(H,7,8);1H,(H,2,3);1H4;;1H2/q;;;;;;;;;;+1;/p-1/b6-5-;5-4-;3-2-;;;;4-3-;;;;;. The quantitative estimate of drug-likeness (QED) is 0.00451. The monoisotopic (exact) mass is 2100 g/mol. The van der Waals surface area contributed by atoms with Crippen molar-refractivity contribution in [2.24, 2.45) is 22.4 Å². The number of halogens is 19. The van der Waals surface area contributed by atoms with Crippen molar-refractivity contribution in [1.82, 2.24) is 70.2 Å². The van der Waals surface area contributed by atoms with Crippen LogP contribution in [-0.4, -0.2) is 141 Å². The second-order valence-electron chi connectivity index (χ2n) is 30.7. The molecular formula is C89H97F18ILiN17O12S. The Kier molecular flexibility index (Phi) is 52.5. The molecule has 50 heteroatoms. The van der Waals surface area contributed by atoms with E-state index in [1.54, 1.807) is 118 Å². The van der Waals surface area contributed by atoms with Crippen LogP contribution in [0.1, 0.15) is 155 Å². The molecule has 2 amide bonds. The normalized spacial score (nSPS) is 11.3. The van der Waals surface area contributed by atoms with Gasteiger partial charge in [0.1, 0.15) is 30.3 Å². The van der Waals surface area contributed by atoms with Gasteiger partial charge in [0.25, 0.3) is 6.47 Å². The molecule has 0 saturated carbocycles. The minimum Gasteiger partial charge on any atom is -0.870 e. The van der Waals surface area contributed by atoms with Gasteiger partial charge in [-0.3, -0.25) is 29.7 Å². The van der Waals surface area contributed by atoms with E-state index in [9.17, 15) is 108 Å². The number of aromatic nitrogens is 12. The van der Waals surface area contributed by atoms with E-state index in [1.807, 2.05) is 36.4 Å². The maximum atomic E-state index is 13.0. The predicted molar refractivity (Wildman–Crippen MR) is 486 cm³/mol. The van der Waals surface area contributed by atoms with E-state index < -0.39 is 87.8 Å². The van der Waals surface area contributed by atoms with E-state index in [1.165, 1.54) is 84.3 Å². The van der Waals surface area contributed by atoms with Crippen molar-refractivity contribution < 1.29 is 157 Å². The number of hydrazine groups is 1. The minimum atomic E-state index is -4.47. The van der Waals surface area contributed by atoms with Crippen LogP contribution in [-0.2, 0) is 80.1 Å². The number of hydrogen-bond acceptors (Lipinski definition) is 21. The molecule has 29 nitrogen and oxygen atoms in total. The van der Waals surface area contributed by atoms with Gasteiger partial charge in [0, 0.05) is 81.6 Å². The zero-order valence-electron chi connectivity index (χ0n) is 76.4. The molecule has 6 aromatic carbocycles. The SMILES string of the molecule is C.CC(C)(C)C(=O)NN.CC(C)OC(=O)/C=C\I.Cc1cc(-c2ncn(/C=C\C(=O)CNC(=O)C(C)(C)C)n2)cc(C(F)(F)F)c1.Cc1cc(-c2ncn(/C=C\C(=O)O)n2)cc(C(F)(F)F)c1.Cc1cc(-c2ncn(/C=C\C(=O)OC(C)C)n2)cc(C(F)(F)F)c1.Cc1cc(-c2ncn[nH]2)cc(C(F)(F)F)c1.Cc1cc(C#N)cc(C(F)(F)F)c1.Cc1cc(C(N)=S)cc(C(F)(F)F)c1.O=CO.[Li+].[OH-]. The number of carboxylic acid groups (broad SMARTS) is 2. The molecule has 139 heavy (non-hydrogen) atoms. The summed E-state index contributed by atoms with van der Waals surface area (Å²) in [6.45, 7) is 26.6. The number of aryl methyl sites for hydroxylation is 6. The van der Waals surface area contributed by atoms with Crippen molar-refractivity contribution in [2.45, 2.75) is 167 Å². The van der Waals surface area contributed by atoms with Crippen molar-refractivity contribution in [3.63, 3.8) is 0 Å². The summed E-state index contributed by atoms with van der Waals surface area (Å²) in [6, 6.07) is 22.9. The van der Waals surface area contributed by atoms with Crippen LogP contribution in [0.15, 0.2) is 163 Å². The number of ketones is 1. The molecule has 0 aliphatic carbocycles. The average Bonchev–Trinajstić information content (AvgIpc) is 1.77. The van der Waals surface area contributed by atoms with E-state index in [0.717, 1.165) is 95.8 Å². The summed E-state index contributed by atoms with van der Waals surface area (Å²) in [5.74, 6) is 2.77. The van der Waals surface area contributed by atoms with Crippen LogP contribution in [0.2, 0.25) is 0 Å². The number of nitrogens with zero attached hydrogens (tertiary/aromatic N) is 12. The number of thiocarbonyl (C=S) groups is 1. The molecule has 0 radical (unpaired) electrons. The molecule has 10 N–H and O–H groups in total. The van der Waals surface area contributed by atoms with E-state index in [-0.39, 0.29) is 136 Å². The number of nitrogens with two attached hydrogens (primary N) is 2. The van der Waals surface area contributed by atoms with Crippen molar-refractivity contribution in [1.29, 1.82) is 5.26 Å². The number of hydrogen-bond donors (Lipinski definition) is 7. The fourth-order valence-corrected chi connectivity index (χ4v) is 10.3. The Labute approximate surface area is 816 Å². The second-order valence-corrected chi connectivity index (χ2v) is 31.9. The molecule has 10 aromatic rings. The third-order valence-corrected chi connectivity index (χ3v) is 16.4. The summed E-state index contributed by atoms with van der Waals surface area (Å²) in [4.78, 5) is 90.5. The number of aliphatic carboxylic acids is 1. The zero-order chi connectivity index (χ0) is 104. The molecule has 0 fully saturated rings. The van der Waals surface area contributed by atoms with Gasteiger partial charge in [0.2, 0.25) is 11.8 Å². The smallest absolute Gasteiger partial charge is 0.870 e. The number of carbonyl (C=O) groups excluding carboxylic acids is 5. The van der Waals surface area contributed by atoms with Crippen LogP contribution in [0.5, 0.6) is 0 Å². The van der Waals surface area contributed by atoms with Gasteiger partial charge in [0.15, 0.2) is 29.1 Å². The van der Waals surface area contributed by atoms with Crippen LogP contribution in [0.4, 0.5) is 79.0 Å². The van der Waals surface area contributed by atoms with E-state index in [2.05, 4.69) is 68.4 Å². The molecule has 750 valence electrons. The summed E-state index contributed by atoms with van der Waals surface area (Å²) < 4.78 is 242. The molecule has 0 unspecified atom stereocenters. The van der Waals surface area contributed by atoms with Crippen molar-refractivity contribution in [3.8, 4) is 51.6 Å². The number of alkyl halides is 18. The molecule has 0 aliphatic rings. The van der Waals surface area contributed by atoms with Crippen LogP contribution in [0, 0.1) is 63.7 Å². The van der Waals surface area contributed by atoms with Crippen LogP contribution in [0.25, 0.3) is 64.2 Å². The number of carbonyl (C=O) groups is 7. The number of amides is 2. The third kappa shape index (κ3) is 49.0. The Morgan fingerprint density at radius 3 is 1.10 bits per heavy atom. The maximum Gasteiger partial charge on any atom is 1.00 e. The van der Waals surface area contributed by atoms with Gasteiger partial charge in [-0.15, -0.1) is 15.3 Å². The summed E-state index contributed by atoms with van der Waals surface area (Å²) in [6.07, 6.45) is -13.3. The number of rotatable bonds is 16. The Hall–Kier alpha value is -13.3. The number of H-pyrrole nitrogens is 1. The average molecular weight is 2100 g/mol. The molecule has 4 heterocycles. The van der Waals surface area contributed by atoms with Crippen LogP contribution in [0.3, 0.4) is 0 Å². The van der Waals surface area contributed by atoms with Gasteiger partial charge >= 0.3 is 73.8 Å². The summed E-state index contributed by atoms with van der Waals surface area (Å²) >= 11 is 6.58. The zero-order valence-corrected chi connectivity index (χ0v) is 79.4. The number of esters is 2. The summed E-state index contributed by atoms with van der Waals surface area (Å²) in [5.41, 5.74) is 5.97. The number of nitrogens with one attached hydrogen (secondary N) is 3. The van der Waals surface area contributed by atoms with Gasteiger partial charge < -0.3 is 36.2 Å². The van der Waals surface area contributed by atoms with E-state index in [0.29, 0.717) is 44.8 Å². The first-order valence-corrected chi connectivity index (χ1v) is 40.5. The summed E-state index contributed by atoms with van der Waals surface area (Å²) in [7, 11) is 0. The van der Waals surface area contributed by atoms with Crippen molar-refractivity contribution >= 4 is 100 Å². The molecule has 0 bridgehead atoms. The molecular weight excluding hydrogens is 2010 g/mol. The Balaban J connectivity index is 0. The second kappa shape index (κ2) is 57.2. The Morgan fingerprint density at radius 1 is 0.496 bits per heavy atom. The molecule has 0 atom stereocenters. The fraction of sp³-hybridized carbons (Fsp3) is 0.315. The largest absolute Gasteiger partial charge is 1.00 e. The molecule has 10 rings (SSSR count). The molecule has 0 aliphatic heterocycles. The number of nitriles is 1. The summed E-state index contributed by atoms with van der Waals surface area (Å²) in [5, 5.41) is 44.5. The van der Waals surface area contributed by atoms with Gasteiger partial charge in [0.05, 0.1) is 63.8 Å². The molecule has 4 aromatic heterocycles. The van der Waals surface area contributed by atoms with E-state index >= 15 is 0 Å². The number of ether oxygens (including phenoxy) is 2. The first kappa shape index (κ1) is 128. The van der Waals surface area contributed by atoms with E-state index in [4.69, 9.17) is 41.3 Å². The molecule has 0 spiro atoms. The first-order chi connectivity index (χ1) is 62.5. The number of carboxylic acids is 1. The fourth-order valence-electron chi connectivity index (χ4n) is 9.93. The van der Waals surface area contributed by atoms with Gasteiger partial charge in [-0.05, 0) is 216 Å². The van der Waals surface area contributed by atoms with Crippen LogP contribution >= 0.6 is 34.8 Å². The number of aromatic amines is 1.